The van der Waals surface area contributed by atoms with Crippen LogP contribution in [0.1, 0.15) is 19.3 Å². The molecule has 3 aliphatic heterocycles. The van der Waals surface area contributed by atoms with Crippen molar-refractivity contribution in [1.82, 2.24) is 19.5 Å². The van der Waals surface area contributed by atoms with Gasteiger partial charge in [-0.2, -0.15) is 15.0 Å². The van der Waals surface area contributed by atoms with E-state index in [1.54, 1.807) is 0 Å². The largest absolute Gasteiger partial charge is 0.378 e. The van der Waals surface area contributed by atoms with Crippen molar-refractivity contribution in [3.8, 4) is 0 Å². The first-order chi connectivity index (χ1) is 13.8. The van der Waals surface area contributed by atoms with Gasteiger partial charge in [-0.1, -0.05) is 0 Å². The van der Waals surface area contributed by atoms with Gasteiger partial charge in [0.15, 0.2) is 11.5 Å². The molecule has 3 fully saturated rings. The SMILES string of the molecule is Cn1c(N2CCOCC2)nc2nc(N3CCOCC3)nc(N3CCCCC3)c21. The van der Waals surface area contributed by atoms with E-state index in [-0.39, 0.29) is 0 Å². The second-order valence-corrected chi connectivity index (χ2v) is 7.74. The normalized spacial score (nSPS) is 21.5. The Hall–Kier alpha value is -2.13. The van der Waals surface area contributed by atoms with Gasteiger partial charge in [0, 0.05) is 46.3 Å². The van der Waals surface area contributed by atoms with Gasteiger partial charge in [0.1, 0.15) is 5.52 Å². The molecule has 28 heavy (non-hydrogen) atoms. The highest BCUT2D eigenvalue weighted by molar-refractivity contribution is 5.87. The minimum atomic E-state index is 0.724. The Morgan fingerprint density at radius 1 is 0.679 bits per heavy atom. The zero-order valence-electron chi connectivity index (χ0n) is 16.6. The van der Waals surface area contributed by atoms with E-state index in [9.17, 15) is 0 Å². The van der Waals surface area contributed by atoms with Crippen LogP contribution in [0.15, 0.2) is 0 Å². The van der Waals surface area contributed by atoms with Gasteiger partial charge >= 0.3 is 0 Å². The van der Waals surface area contributed by atoms with Gasteiger partial charge in [-0.25, -0.2) is 0 Å². The van der Waals surface area contributed by atoms with Crippen LogP contribution in [0.25, 0.3) is 11.2 Å². The van der Waals surface area contributed by atoms with Crippen molar-refractivity contribution in [1.29, 1.82) is 0 Å². The van der Waals surface area contributed by atoms with Crippen molar-refractivity contribution in [2.24, 2.45) is 7.05 Å². The number of ether oxygens (including phenoxy) is 2. The molecule has 0 aliphatic carbocycles. The van der Waals surface area contributed by atoms with Crippen LogP contribution in [0, 0.1) is 0 Å². The fourth-order valence-electron chi connectivity index (χ4n) is 4.35. The van der Waals surface area contributed by atoms with Crippen LogP contribution in [-0.4, -0.2) is 85.2 Å². The summed E-state index contributed by atoms with van der Waals surface area (Å²) in [7, 11) is 2.09. The smallest absolute Gasteiger partial charge is 0.229 e. The summed E-state index contributed by atoms with van der Waals surface area (Å²) in [5.41, 5.74) is 1.83. The number of morpholine rings is 2. The van der Waals surface area contributed by atoms with E-state index in [2.05, 4.69) is 26.3 Å². The van der Waals surface area contributed by atoms with Crippen LogP contribution in [0.5, 0.6) is 0 Å². The van der Waals surface area contributed by atoms with Crippen molar-refractivity contribution < 1.29 is 9.47 Å². The summed E-state index contributed by atoms with van der Waals surface area (Å²) >= 11 is 0. The highest BCUT2D eigenvalue weighted by Crippen LogP contribution is 2.31. The predicted molar refractivity (Wildman–Crippen MR) is 108 cm³/mol. The monoisotopic (exact) mass is 387 g/mol. The Morgan fingerprint density at radius 2 is 1.32 bits per heavy atom. The number of anilines is 3. The molecular formula is C19H29N7O2. The maximum atomic E-state index is 5.52. The van der Waals surface area contributed by atoms with Crippen molar-refractivity contribution in [3.63, 3.8) is 0 Å². The van der Waals surface area contributed by atoms with E-state index in [0.717, 1.165) is 94.6 Å². The van der Waals surface area contributed by atoms with E-state index in [0.29, 0.717) is 0 Å². The number of piperidine rings is 1. The van der Waals surface area contributed by atoms with Gasteiger partial charge in [-0.3, -0.25) is 0 Å². The summed E-state index contributed by atoms with van der Waals surface area (Å²) < 4.78 is 13.2. The van der Waals surface area contributed by atoms with Gasteiger partial charge in [-0.15, -0.1) is 0 Å². The average molecular weight is 387 g/mol. The Balaban J connectivity index is 1.60. The maximum Gasteiger partial charge on any atom is 0.229 e. The molecule has 0 bridgehead atoms. The van der Waals surface area contributed by atoms with Crippen molar-refractivity contribution in [2.45, 2.75) is 19.3 Å². The van der Waals surface area contributed by atoms with E-state index < -0.39 is 0 Å². The lowest BCUT2D eigenvalue weighted by Crippen LogP contribution is -2.38. The summed E-state index contributed by atoms with van der Waals surface area (Å²) in [6.07, 6.45) is 3.73. The molecule has 2 aromatic rings. The minimum absolute atomic E-state index is 0.724. The van der Waals surface area contributed by atoms with Crippen LogP contribution in [0.3, 0.4) is 0 Å². The summed E-state index contributed by atoms with van der Waals surface area (Å²) in [6, 6.07) is 0. The molecule has 0 radical (unpaired) electrons. The number of aryl methyl sites for hydroxylation is 1. The number of hydrogen-bond donors (Lipinski definition) is 0. The third kappa shape index (κ3) is 3.26. The van der Waals surface area contributed by atoms with Crippen LogP contribution in [0.4, 0.5) is 17.7 Å². The van der Waals surface area contributed by atoms with Gasteiger partial charge in [0.05, 0.1) is 26.4 Å². The predicted octanol–water partition coefficient (Wildman–Crippen LogP) is 1.03. The fraction of sp³-hybridized carbons (Fsp3) is 0.737. The quantitative estimate of drug-likeness (QED) is 0.773. The van der Waals surface area contributed by atoms with Crippen LogP contribution in [0.2, 0.25) is 0 Å². The first-order valence-corrected chi connectivity index (χ1v) is 10.5. The summed E-state index contributed by atoms with van der Waals surface area (Å²) in [5.74, 6) is 2.77. The van der Waals surface area contributed by atoms with E-state index in [4.69, 9.17) is 24.4 Å². The number of fused-ring (bicyclic) bond motifs is 1. The molecule has 0 amide bonds. The second kappa shape index (κ2) is 7.71. The molecule has 5 rings (SSSR count). The number of rotatable bonds is 3. The highest BCUT2D eigenvalue weighted by atomic mass is 16.5. The van der Waals surface area contributed by atoms with Gasteiger partial charge in [0.25, 0.3) is 0 Å². The molecule has 152 valence electrons. The molecule has 0 saturated carbocycles. The summed E-state index contributed by atoms with van der Waals surface area (Å²) in [5, 5.41) is 0. The lowest BCUT2D eigenvalue weighted by molar-refractivity contribution is 0.122. The fourth-order valence-corrected chi connectivity index (χ4v) is 4.35. The molecule has 3 saturated heterocycles. The number of aromatic nitrogens is 4. The van der Waals surface area contributed by atoms with Crippen LogP contribution in [-0.2, 0) is 16.5 Å². The Morgan fingerprint density at radius 3 is 2.00 bits per heavy atom. The molecule has 2 aromatic heterocycles. The Bertz CT molecular complexity index is 821. The Labute approximate surface area is 165 Å². The van der Waals surface area contributed by atoms with Crippen LogP contribution < -0.4 is 14.7 Å². The molecular weight excluding hydrogens is 358 g/mol. The van der Waals surface area contributed by atoms with E-state index in [1.165, 1.54) is 19.3 Å². The molecule has 5 heterocycles. The molecule has 9 nitrogen and oxygen atoms in total. The number of hydrogen-bond acceptors (Lipinski definition) is 8. The van der Waals surface area contributed by atoms with Crippen LogP contribution >= 0.6 is 0 Å². The van der Waals surface area contributed by atoms with Gasteiger partial charge < -0.3 is 28.7 Å². The van der Waals surface area contributed by atoms with Crippen molar-refractivity contribution in [3.05, 3.63) is 0 Å². The van der Waals surface area contributed by atoms with E-state index >= 15 is 0 Å². The van der Waals surface area contributed by atoms with Gasteiger partial charge in [0.2, 0.25) is 11.9 Å². The molecule has 0 aromatic carbocycles. The lowest BCUT2D eigenvalue weighted by Gasteiger charge is -2.31. The van der Waals surface area contributed by atoms with E-state index in [1.807, 2.05) is 0 Å². The third-order valence-corrected chi connectivity index (χ3v) is 5.92. The molecule has 9 heteroatoms. The molecule has 0 spiro atoms. The zero-order chi connectivity index (χ0) is 18.9. The Kier molecular flexibility index (Phi) is 4.94. The van der Waals surface area contributed by atoms with Crippen molar-refractivity contribution >= 4 is 28.9 Å². The molecule has 0 N–H and O–H groups in total. The number of imidazole rings is 1. The lowest BCUT2D eigenvalue weighted by atomic mass is 10.1. The second-order valence-electron chi connectivity index (χ2n) is 7.74. The summed E-state index contributed by atoms with van der Waals surface area (Å²) in [4.78, 5) is 21.8. The maximum absolute atomic E-state index is 5.52. The third-order valence-electron chi connectivity index (χ3n) is 5.92. The zero-order valence-corrected chi connectivity index (χ0v) is 16.6. The van der Waals surface area contributed by atoms with Crippen molar-refractivity contribution in [2.75, 3.05) is 80.4 Å². The topological polar surface area (TPSA) is 71.8 Å². The highest BCUT2D eigenvalue weighted by Gasteiger charge is 2.26. The molecule has 0 atom stereocenters. The first-order valence-electron chi connectivity index (χ1n) is 10.5. The molecule has 0 unspecified atom stereocenters. The molecule has 3 aliphatic rings. The standard InChI is InChI=1S/C19H29N7O2/c1-23-15-16(21-19(23)26-9-13-28-14-10-26)20-18(25-7-11-27-12-8-25)22-17(15)24-5-3-2-4-6-24/h2-14H2,1H3. The van der Waals surface area contributed by atoms with Gasteiger partial charge in [-0.05, 0) is 19.3 Å². The number of nitrogens with zero attached hydrogens (tertiary/aromatic N) is 7. The minimum Gasteiger partial charge on any atom is -0.378 e. The average Bonchev–Trinajstić information content (AvgIpc) is 3.11. The summed E-state index contributed by atoms with van der Waals surface area (Å²) in [6.45, 7) is 8.41. The first kappa shape index (κ1) is 17.9.